The van der Waals surface area contributed by atoms with Gasteiger partial charge in [0.2, 0.25) is 0 Å². The lowest BCUT2D eigenvalue weighted by atomic mass is 9.99. The summed E-state index contributed by atoms with van der Waals surface area (Å²) in [6.45, 7) is 2.71. The van der Waals surface area contributed by atoms with Crippen LogP contribution in [-0.4, -0.2) is 37.1 Å². The fourth-order valence-corrected chi connectivity index (χ4v) is 3.99. The number of rotatable bonds is 6. The molecule has 3 aromatic carbocycles. The number of quaternary nitrogens is 1. The molecule has 3 N–H and O–H groups in total. The monoisotopic (exact) mass is 480 g/mol. The predicted octanol–water partition coefficient (Wildman–Crippen LogP) is 4.18. The zero-order valence-electron chi connectivity index (χ0n) is 20.5. The molecular formula is C29H28N4O3. The molecule has 3 aromatic rings. The number of fused-ring (bicyclic) bond motifs is 1. The number of nitrogens with zero attached hydrogens (tertiary/aromatic N) is 1. The average molecular weight is 481 g/mol. The third-order valence-corrected chi connectivity index (χ3v) is 5.52. The van der Waals surface area contributed by atoms with Crippen molar-refractivity contribution in [3.8, 4) is 11.8 Å². The fraction of sp³-hybridized carbons (Fsp3) is 0.172. The Balaban J connectivity index is 1.72. The Morgan fingerprint density at radius 3 is 2.42 bits per heavy atom. The first-order chi connectivity index (χ1) is 17.2. The lowest BCUT2D eigenvalue weighted by molar-refractivity contribution is -0.853. The minimum absolute atomic E-state index is 0.229. The topological polar surface area (TPSA) is 93.3 Å². The van der Waals surface area contributed by atoms with Gasteiger partial charge >= 0.3 is 0 Å². The summed E-state index contributed by atoms with van der Waals surface area (Å²) >= 11 is 0. The summed E-state index contributed by atoms with van der Waals surface area (Å²) in [6.07, 6.45) is 0. The molecule has 1 heterocycles. The molecule has 0 atom stereocenters. The SMILES string of the molecule is CCNC(=O)C#Cc1ccc2c(c1)NC(=O)C2=C(Nc1ccc(C[N+](C)(C)[O-])cc1)c1ccccc1. The third kappa shape index (κ3) is 5.99. The van der Waals surface area contributed by atoms with Crippen molar-refractivity contribution < 1.29 is 14.2 Å². The van der Waals surface area contributed by atoms with Gasteiger partial charge in [-0.2, -0.15) is 0 Å². The van der Waals surface area contributed by atoms with Gasteiger partial charge in [-0.3, -0.25) is 9.59 Å². The normalized spacial score (nSPS) is 13.7. The maximum absolute atomic E-state index is 13.2. The van der Waals surface area contributed by atoms with Crippen molar-refractivity contribution >= 4 is 34.5 Å². The summed E-state index contributed by atoms with van der Waals surface area (Å²) in [5, 5.41) is 21.0. The van der Waals surface area contributed by atoms with Gasteiger partial charge in [0, 0.05) is 34.8 Å². The van der Waals surface area contributed by atoms with E-state index in [1.165, 1.54) is 0 Å². The number of anilines is 2. The van der Waals surface area contributed by atoms with Gasteiger partial charge in [-0.05, 0) is 36.8 Å². The molecule has 4 rings (SSSR count). The minimum Gasteiger partial charge on any atom is -0.633 e. The molecule has 0 saturated carbocycles. The number of carbonyl (C=O) groups is 2. The molecule has 0 aliphatic carbocycles. The van der Waals surface area contributed by atoms with E-state index in [1.54, 1.807) is 26.2 Å². The summed E-state index contributed by atoms with van der Waals surface area (Å²) in [6, 6.07) is 22.7. The summed E-state index contributed by atoms with van der Waals surface area (Å²) in [5.74, 6) is 4.82. The van der Waals surface area contributed by atoms with Gasteiger partial charge < -0.3 is 25.8 Å². The first kappa shape index (κ1) is 24.7. The summed E-state index contributed by atoms with van der Waals surface area (Å²) in [5.41, 5.74) is 5.78. The predicted molar refractivity (Wildman–Crippen MR) is 143 cm³/mol. The van der Waals surface area contributed by atoms with E-state index >= 15 is 0 Å². The third-order valence-electron chi connectivity index (χ3n) is 5.52. The molecule has 0 radical (unpaired) electrons. The Bertz CT molecular complexity index is 1380. The Labute approximate surface area is 211 Å². The van der Waals surface area contributed by atoms with Gasteiger partial charge in [0.25, 0.3) is 11.8 Å². The average Bonchev–Trinajstić information content (AvgIpc) is 3.17. The minimum atomic E-state index is -0.404. The van der Waals surface area contributed by atoms with E-state index in [9.17, 15) is 14.8 Å². The lowest BCUT2D eigenvalue weighted by Crippen LogP contribution is -2.30. The van der Waals surface area contributed by atoms with Crippen LogP contribution in [0.1, 0.15) is 29.2 Å². The summed E-state index contributed by atoms with van der Waals surface area (Å²) < 4.78 is -0.404. The number of benzene rings is 3. The maximum atomic E-state index is 13.2. The molecule has 0 fully saturated rings. The second-order valence-corrected chi connectivity index (χ2v) is 8.99. The van der Waals surface area contributed by atoms with Crippen LogP contribution in [0.25, 0.3) is 11.3 Å². The van der Waals surface area contributed by atoms with Crippen LogP contribution in [-0.2, 0) is 16.1 Å². The van der Waals surface area contributed by atoms with Crippen LogP contribution in [0.2, 0.25) is 0 Å². The maximum Gasteiger partial charge on any atom is 0.296 e. The highest BCUT2D eigenvalue weighted by Crippen LogP contribution is 2.38. The first-order valence-corrected chi connectivity index (χ1v) is 11.7. The van der Waals surface area contributed by atoms with Crippen molar-refractivity contribution in [2.45, 2.75) is 13.5 Å². The molecule has 7 heteroatoms. The van der Waals surface area contributed by atoms with Crippen molar-refractivity contribution in [1.29, 1.82) is 0 Å². The van der Waals surface area contributed by atoms with Gasteiger partial charge in [0.1, 0.15) is 6.54 Å². The van der Waals surface area contributed by atoms with Crippen molar-refractivity contribution in [2.75, 3.05) is 31.3 Å². The van der Waals surface area contributed by atoms with E-state index in [-0.39, 0.29) is 11.8 Å². The van der Waals surface area contributed by atoms with E-state index in [4.69, 9.17) is 0 Å². The van der Waals surface area contributed by atoms with Crippen LogP contribution in [0.5, 0.6) is 0 Å². The molecule has 0 bridgehead atoms. The zero-order chi connectivity index (χ0) is 25.7. The fourth-order valence-electron chi connectivity index (χ4n) is 3.99. The molecule has 1 aliphatic heterocycles. The Kier molecular flexibility index (Phi) is 7.20. The highest BCUT2D eigenvalue weighted by Gasteiger charge is 2.28. The summed E-state index contributed by atoms with van der Waals surface area (Å²) in [4.78, 5) is 24.8. The molecule has 7 nitrogen and oxygen atoms in total. The van der Waals surface area contributed by atoms with Crippen LogP contribution in [0.3, 0.4) is 0 Å². The molecule has 0 aromatic heterocycles. The summed E-state index contributed by atoms with van der Waals surface area (Å²) in [7, 11) is 3.22. The number of nitrogens with one attached hydrogen (secondary N) is 3. The smallest absolute Gasteiger partial charge is 0.296 e. The molecule has 36 heavy (non-hydrogen) atoms. The molecule has 182 valence electrons. The van der Waals surface area contributed by atoms with Gasteiger partial charge in [-0.1, -0.05) is 54.5 Å². The second kappa shape index (κ2) is 10.5. The number of hydrogen-bond acceptors (Lipinski definition) is 4. The zero-order valence-corrected chi connectivity index (χ0v) is 20.5. The number of hydroxylamine groups is 3. The van der Waals surface area contributed by atoms with Gasteiger partial charge in [-0.25, -0.2) is 0 Å². The Morgan fingerprint density at radius 1 is 1.03 bits per heavy atom. The molecule has 0 unspecified atom stereocenters. The van der Waals surface area contributed by atoms with Crippen LogP contribution in [0.15, 0.2) is 72.8 Å². The van der Waals surface area contributed by atoms with Gasteiger partial charge in [0.05, 0.1) is 31.1 Å². The highest BCUT2D eigenvalue weighted by atomic mass is 16.5. The van der Waals surface area contributed by atoms with Gasteiger partial charge in [0.15, 0.2) is 0 Å². The van der Waals surface area contributed by atoms with Crippen LogP contribution in [0.4, 0.5) is 11.4 Å². The standard InChI is InChI=1S/C29H28N4O3/c1-4-30-26(34)17-13-20-12-16-24-25(18-20)32-29(35)27(24)28(22-8-6-5-7-9-22)31-23-14-10-21(11-15-23)19-33(2,3)36/h5-12,14-16,18,31H,4,19H2,1-3H3,(H,30,34)(H,32,35). The van der Waals surface area contributed by atoms with E-state index in [1.807, 2.05) is 67.6 Å². The lowest BCUT2D eigenvalue weighted by Gasteiger charge is -2.33. The number of hydrogen-bond donors (Lipinski definition) is 3. The van der Waals surface area contributed by atoms with E-state index < -0.39 is 4.65 Å². The van der Waals surface area contributed by atoms with E-state index in [0.29, 0.717) is 35.6 Å². The molecular weight excluding hydrogens is 452 g/mol. The Morgan fingerprint density at radius 2 is 1.75 bits per heavy atom. The van der Waals surface area contributed by atoms with Crippen molar-refractivity contribution in [2.24, 2.45) is 0 Å². The molecule has 2 amide bonds. The van der Waals surface area contributed by atoms with E-state index in [2.05, 4.69) is 27.8 Å². The molecule has 0 saturated heterocycles. The van der Waals surface area contributed by atoms with Gasteiger partial charge in [-0.15, -0.1) is 0 Å². The van der Waals surface area contributed by atoms with Crippen molar-refractivity contribution in [1.82, 2.24) is 5.32 Å². The largest absolute Gasteiger partial charge is 0.633 e. The highest BCUT2D eigenvalue weighted by molar-refractivity contribution is 6.37. The van der Waals surface area contributed by atoms with Crippen molar-refractivity contribution in [3.05, 3.63) is 100 Å². The second-order valence-electron chi connectivity index (χ2n) is 8.99. The van der Waals surface area contributed by atoms with Crippen LogP contribution >= 0.6 is 0 Å². The Hall–Kier alpha value is -4.38. The van der Waals surface area contributed by atoms with Crippen LogP contribution in [0, 0.1) is 17.0 Å². The molecule has 0 spiro atoms. The van der Waals surface area contributed by atoms with Crippen LogP contribution < -0.4 is 16.0 Å². The number of carbonyl (C=O) groups excluding carboxylic acids is 2. The quantitative estimate of drug-likeness (QED) is 0.214. The molecule has 1 aliphatic rings. The van der Waals surface area contributed by atoms with Crippen molar-refractivity contribution in [3.63, 3.8) is 0 Å². The first-order valence-electron chi connectivity index (χ1n) is 11.7. The number of amides is 2. The van der Waals surface area contributed by atoms with E-state index in [0.717, 1.165) is 22.4 Å².